The zero-order chi connectivity index (χ0) is 9.26. The van der Waals surface area contributed by atoms with E-state index in [0.29, 0.717) is 5.88 Å². The Morgan fingerprint density at radius 1 is 1.46 bits per heavy atom. The number of anilines is 1. The van der Waals surface area contributed by atoms with E-state index < -0.39 is 0 Å². The van der Waals surface area contributed by atoms with Gasteiger partial charge in [0, 0.05) is 25.1 Å². The molecule has 0 aromatic carbocycles. The van der Waals surface area contributed by atoms with E-state index in [9.17, 15) is 0 Å². The summed E-state index contributed by atoms with van der Waals surface area (Å²) in [5.74, 6) is 0.507. The van der Waals surface area contributed by atoms with Crippen LogP contribution in [0.1, 0.15) is 18.2 Å². The molecule has 0 saturated carbocycles. The zero-order valence-electron chi connectivity index (χ0n) is 7.92. The summed E-state index contributed by atoms with van der Waals surface area (Å²) < 4.78 is 4.95. The van der Waals surface area contributed by atoms with Crippen molar-refractivity contribution in [2.75, 3.05) is 25.4 Å². The second kappa shape index (κ2) is 3.38. The van der Waals surface area contributed by atoms with Crippen molar-refractivity contribution in [2.24, 2.45) is 0 Å². The molecule has 0 atom stereocenters. The number of nitrogens with two attached hydrogens (primary N) is 1. The van der Waals surface area contributed by atoms with Crippen LogP contribution in [0, 0.1) is 0 Å². The molecule has 1 aromatic heterocycles. The Hall–Kier alpha value is -1.03. The molecule has 1 aliphatic heterocycles. The maximum atomic E-state index is 5.67. The molecular weight excluding hydrogens is 166 g/mol. The van der Waals surface area contributed by atoms with Gasteiger partial charge in [-0.1, -0.05) is 12.1 Å². The number of aromatic nitrogens is 1. The van der Waals surface area contributed by atoms with E-state index in [1.165, 1.54) is 0 Å². The first kappa shape index (κ1) is 8.56. The summed E-state index contributed by atoms with van der Waals surface area (Å²) in [4.78, 5) is 2.40. The highest BCUT2D eigenvalue weighted by atomic mass is 16.5. The topological polar surface area (TPSA) is 55.3 Å². The molecule has 4 nitrogen and oxygen atoms in total. The molecule has 13 heavy (non-hydrogen) atoms. The van der Waals surface area contributed by atoms with Gasteiger partial charge >= 0.3 is 0 Å². The number of likely N-dealkylation sites (N-methyl/N-ethyl adjacent to an activating group) is 1. The van der Waals surface area contributed by atoms with Crippen LogP contribution in [-0.4, -0.2) is 29.7 Å². The number of hydrogen-bond acceptors (Lipinski definition) is 4. The molecule has 2 rings (SSSR count). The van der Waals surface area contributed by atoms with E-state index in [1.54, 1.807) is 0 Å². The summed E-state index contributed by atoms with van der Waals surface area (Å²) in [6.07, 6.45) is 1.93. The predicted octanol–water partition coefficient (Wildman–Crippen LogP) is 0.677. The standard InChI is InChI=1S/C9H15N3O/c1-2-12-5-3-7-8(4-6-12)11-13-9(7)10/h2-6,10H2,1H3. The Morgan fingerprint density at radius 3 is 3.00 bits per heavy atom. The third-order valence-electron chi connectivity index (χ3n) is 2.69. The predicted molar refractivity (Wildman–Crippen MR) is 50.4 cm³/mol. The van der Waals surface area contributed by atoms with Crippen molar-refractivity contribution < 1.29 is 4.52 Å². The molecule has 0 aliphatic carbocycles. The quantitative estimate of drug-likeness (QED) is 0.692. The summed E-state index contributed by atoms with van der Waals surface area (Å²) in [6.45, 7) is 5.41. The average Bonchev–Trinajstić information content (AvgIpc) is 2.38. The Balaban J connectivity index is 2.18. The average molecular weight is 181 g/mol. The second-order valence-corrected chi connectivity index (χ2v) is 3.41. The van der Waals surface area contributed by atoms with Gasteiger partial charge in [-0.2, -0.15) is 0 Å². The number of hydrogen-bond donors (Lipinski definition) is 1. The van der Waals surface area contributed by atoms with Crippen LogP contribution in [-0.2, 0) is 12.8 Å². The lowest BCUT2D eigenvalue weighted by molar-refractivity contribution is 0.298. The molecule has 0 spiro atoms. The van der Waals surface area contributed by atoms with Gasteiger partial charge in [0.05, 0.1) is 5.69 Å². The molecule has 0 saturated heterocycles. The lowest BCUT2D eigenvalue weighted by atomic mass is 10.1. The molecule has 1 aliphatic rings. The van der Waals surface area contributed by atoms with E-state index in [1.807, 2.05) is 0 Å². The van der Waals surface area contributed by atoms with Crippen molar-refractivity contribution in [1.29, 1.82) is 0 Å². The first-order valence-corrected chi connectivity index (χ1v) is 4.76. The smallest absolute Gasteiger partial charge is 0.225 e. The van der Waals surface area contributed by atoms with Crippen molar-refractivity contribution in [3.63, 3.8) is 0 Å². The normalized spacial score (nSPS) is 18.2. The van der Waals surface area contributed by atoms with Crippen molar-refractivity contribution >= 4 is 5.88 Å². The molecular formula is C9H15N3O. The SMILES string of the molecule is CCN1CCc2noc(N)c2CC1. The van der Waals surface area contributed by atoms with Gasteiger partial charge in [0.25, 0.3) is 0 Å². The largest absolute Gasteiger partial charge is 0.367 e. The van der Waals surface area contributed by atoms with Crippen LogP contribution < -0.4 is 5.73 Å². The Bertz CT molecular complexity index is 295. The molecule has 0 amide bonds. The fourth-order valence-corrected chi connectivity index (χ4v) is 1.78. The summed E-state index contributed by atoms with van der Waals surface area (Å²) >= 11 is 0. The summed E-state index contributed by atoms with van der Waals surface area (Å²) in [7, 11) is 0. The molecule has 0 radical (unpaired) electrons. The van der Waals surface area contributed by atoms with Gasteiger partial charge in [-0.25, -0.2) is 0 Å². The summed E-state index contributed by atoms with van der Waals surface area (Å²) in [5, 5.41) is 3.96. The first-order valence-electron chi connectivity index (χ1n) is 4.76. The maximum absolute atomic E-state index is 5.67. The highest BCUT2D eigenvalue weighted by Crippen LogP contribution is 2.20. The number of fused-ring (bicyclic) bond motifs is 1. The number of nitrogens with zero attached hydrogens (tertiary/aromatic N) is 2. The van der Waals surface area contributed by atoms with E-state index in [2.05, 4.69) is 17.0 Å². The minimum Gasteiger partial charge on any atom is -0.367 e. The van der Waals surface area contributed by atoms with Crippen molar-refractivity contribution in [3.8, 4) is 0 Å². The van der Waals surface area contributed by atoms with E-state index in [0.717, 1.165) is 43.7 Å². The van der Waals surface area contributed by atoms with E-state index in [4.69, 9.17) is 10.3 Å². The minimum atomic E-state index is 0.507. The lowest BCUT2D eigenvalue weighted by Crippen LogP contribution is -2.26. The monoisotopic (exact) mass is 181 g/mol. The highest BCUT2D eigenvalue weighted by Gasteiger charge is 2.18. The van der Waals surface area contributed by atoms with Crippen LogP contribution in [0.5, 0.6) is 0 Å². The molecule has 2 heterocycles. The fraction of sp³-hybridized carbons (Fsp3) is 0.667. The Kier molecular flexibility index (Phi) is 2.22. The molecule has 0 unspecified atom stereocenters. The molecule has 4 heteroatoms. The second-order valence-electron chi connectivity index (χ2n) is 3.41. The lowest BCUT2D eigenvalue weighted by Gasteiger charge is -2.16. The third kappa shape index (κ3) is 1.54. The summed E-state index contributed by atoms with van der Waals surface area (Å²) in [5.41, 5.74) is 7.84. The summed E-state index contributed by atoms with van der Waals surface area (Å²) in [6, 6.07) is 0. The highest BCUT2D eigenvalue weighted by molar-refractivity contribution is 5.39. The molecule has 1 aromatic rings. The number of nitrogen functional groups attached to an aromatic ring is 1. The van der Waals surface area contributed by atoms with Gasteiger partial charge in [-0.3, -0.25) is 0 Å². The van der Waals surface area contributed by atoms with Crippen molar-refractivity contribution in [3.05, 3.63) is 11.3 Å². The van der Waals surface area contributed by atoms with Crippen LogP contribution >= 0.6 is 0 Å². The fourth-order valence-electron chi connectivity index (χ4n) is 1.78. The number of rotatable bonds is 1. The van der Waals surface area contributed by atoms with E-state index in [-0.39, 0.29) is 0 Å². The minimum absolute atomic E-state index is 0.507. The van der Waals surface area contributed by atoms with Crippen LogP contribution in [0.25, 0.3) is 0 Å². The van der Waals surface area contributed by atoms with Crippen molar-refractivity contribution in [1.82, 2.24) is 10.1 Å². The zero-order valence-corrected chi connectivity index (χ0v) is 7.92. The maximum Gasteiger partial charge on any atom is 0.225 e. The van der Waals surface area contributed by atoms with Crippen LogP contribution in [0.3, 0.4) is 0 Å². The third-order valence-corrected chi connectivity index (χ3v) is 2.69. The van der Waals surface area contributed by atoms with E-state index >= 15 is 0 Å². The van der Waals surface area contributed by atoms with Crippen molar-refractivity contribution in [2.45, 2.75) is 19.8 Å². The Morgan fingerprint density at radius 2 is 2.23 bits per heavy atom. The van der Waals surface area contributed by atoms with Gasteiger partial charge in [0.2, 0.25) is 5.88 Å². The van der Waals surface area contributed by atoms with Gasteiger partial charge < -0.3 is 15.2 Å². The molecule has 0 fully saturated rings. The molecule has 2 N–H and O–H groups in total. The van der Waals surface area contributed by atoms with Crippen LogP contribution in [0.15, 0.2) is 4.52 Å². The van der Waals surface area contributed by atoms with Gasteiger partial charge in [-0.05, 0) is 13.0 Å². The van der Waals surface area contributed by atoms with Crippen LogP contribution in [0.4, 0.5) is 5.88 Å². The van der Waals surface area contributed by atoms with Gasteiger partial charge in [-0.15, -0.1) is 0 Å². The first-order chi connectivity index (χ1) is 6.31. The van der Waals surface area contributed by atoms with Crippen LogP contribution in [0.2, 0.25) is 0 Å². The Labute approximate surface area is 77.7 Å². The molecule has 0 bridgehead atoms. The molecule has 72 valence electrons. The van der Waals surface area contributed by atoms with Gasteiger partial charge in [0.1, 0.15) is 0 Å². The van der Waals surface area contributed by atoms with Gasteiger partial charge in [0.15, 0.2) is 0 Å².